The average Bonchev–Trinajstić information content (AvgIpc) is 3.03. The standard InChI is InChI=1S/C19H27NO3/c1-19(2,3)20(13-14-6-4-5-7-14)18(21)15-8-9-16-17(12-15)23-11-10-22-16/h8-9,12,14H,4-7,10-11,13H2,1-3H3. The Balaban J connectivity index is 1.82. The molecule has 1 amide bonds. The van der Waals surface area contributed by atoms with Crippen molar-refractivity contribution in [2.45, 2.75) is 52.0 Å². The van der Waals surface area contributed by atoms with Crippen LogP contribution < -0.4 is 9.47 Å². The molecule has 1 aromatic carbocycles. The zero-order chi connectivity index (χ0) is 16.4. The summed E-state index contributed by atoms with van der Waals surface area (Å²) in [7, 11) is 0. The lowest BCUT2D eigenvalue weighted by Crippen LogP contribution is -2.47. The number of carbonyl (C=O) groups is 1. The lowest BCUT2D eigenvalue weighted by molar-refractivity contribution is 0.0534. The first-order chi connectivity index (χ1) is 10.9. The fourth-order valence-corrected chi connectivity index (χ4v) is 3.44. The van der Waals surface area contributed by atoms with E-state index in [9.17, 15) is 4.79 Å². The number of ether oxygens (including phenoxy) is 2. The van der Waals surface area contributed by atoms with Crippen LogP contribution in [0.5, 0.6) is 11.5 Å². The highest BCUT2D eigenvalue weighted by Gasteiger charge is 2.31. The van der Waals surface area contributed by atoms with Gasteiger partial charge in [-0.25, -0.2) is 0 Å². The van der Waals surface area contributed by atoms with E-state index < -0.39 is 0 Å². The highest BCUT2D eigenvalue weighted by atomic mass is 16.6. The first-order valence-electron chi connectivity index (χ1n) is 8.67. The Bertz CT molecular complexity index is 570. The molecule has 0 spiro atoms. The van der Waals surface area contributed by atoms with Gasteiger partial charge in [-0.1, -0.05) is 12.8 Å². The molecule has 2 aliphatic rings. The molecule has 3 rings (SSSR count). The van der Waals surface area contributed by atoms with Gasteiger partial charge in [0.2, 0.25) is 0 Å². The van der Waals surface area contributed by atoms with Crippen LogP contribution in [-0.2, 0) is 0 Å². The predicted molar refractivity (Wildman–Crippen MR) is 90.2 cm³/mol. The first-order valence-corrected chi connectivity index (χ1v) is 8.67. The van der Waals surface area contributed by atoms with Crippen LogP contribution in [-0.4, -0.2) is 36.1 Å². The normalized spacial score (nSPS) is 18.0. The van der Waals surface area contributed by atoms with Crippen LogP contribution in [0.4, 0.5) is 0 Å². The molecule has 0 atom stereocenters. The van der Waals surface area contributed by atoms with Crippen molar-refractivity contribution in [1.82, 2.24) is 4.90 Å². The van der Waals surface area contributed by atoms with Gasteiger partial charge in [-0.05, 0) is 57.7 Å². The van der Waals surface area contributed by atoms with E-state index in [1.54, 1.807) is 0 Å². The van der Waals surface area contributed by atoms with Crippen LogP contribution >= 0.6 is 0 Å². The zero-order valence-corrected chi connectivity index (χ0v) is 14.4. The van der Waals surface area contributed by atoms with Gasteiger partial charge in [0, 0.05) is 17.6 Å². The Kier molecular flexibility index (Phi) is 4.51. The molecule has 4 nitrogen and oxygen atoms in total. The zero-order valence-electron chi connectivity index (χ0n) is 14.4. The van der Waals surface area contributed by atoms with Gasteiger partial charge in [0.15, 0.2) is 11.5 Å². The Hall–Kier alpha value is -1.71. The van der Waals surface area contributed by atoms with Crippen molar-refractivity contribution in [2.75, 3.05) is 19.8 Å². The van der Waals surface area contributed by atoms with E-state index in [-0.39, 0.29) is 11.4 Å². The second-order valence-electron chi connectivity index (χ2n) is 7.60. The number of benzene rings is 1. The molecule has 0 bridgehead atoms. The third-order valence-electron chi connectivity index (χ3n) is 4.76. The molecule has 0 saturated heterocycles. The van der Waals surface area contributed by atoms with E-state index in [2.05, 4.69) is 20.8 Å². The minimum atomic E-state index is -0.188. The molecule has 1 aliphatic heterocycles. The van der Waals surface area contributed by atoms with Gasteiger partial charge in [-0.2, -0.15) is 0 Å². The molecular weight excluding hydrogens is 290 g/mol. The molecule has 23 heavy (non-hydrogen) atoms. The Labute approximate surface area is 138 Å². The number of hydrogen-bond acceptors (Lipinski definition) is 3. The fraction of sp³-hybridized carbons (Fsp3) is 0.632. The summed E-state index contributed by atoms with van der Waals surface area (Å²) in [6.07, 6.45) is 5.06. The number of carbonyl (C=O) groups excluding carboxylic acids is 1. The van der Waals surface area contributed by atoms with Crippen molar-refractivity contribution in [3.05, 3.63) is 23.8 Å². The third kappa shape index (κ3) is 3.62. The molecule has 1 fully saturated rings. The number of nitrogens with zero attached hydrogens (tertiary/aromatic N) is 1. The Morgan fingerprint density at radius 3 is 2.43 bits per heavy atom. The van der Waals surface area contributed by atoms with Gasteiger partial charge in [-0.15, -0.1) is 0 Å². The largest absolute Gasteiger partial charge is 0.486 e. The van der Waals surface area contributed by atoms with E-state index in [0.29, 0.717) is 30.4 Å². The highest BCUT2D eigenvalue weighted by molar-refractivity contribution is 5.95. The Morgan fingerprint density at radius 1 is 1.13 bits per heavy atom. The summed E-state index contributed by atoms with van der Waals surface area (Å²) in [5, 5.41) is 0. The third-order valence-corrected chi connectivity index (χ3v) is 4.76. The summed E-state index contributed by atoms with van der Waals surface area (Å²) >= 11 is 0. The average molecular weight is 317 g/mol. The van der Waals surface area contributed by atoms with Gasteiger partial charge in [0.25, 0.3) is 5.91 Å². The molecule has 1 aliphatic carbocycles. The predicted octanol–water partition coefficient (Wildman–Crippen LogP) is 3.89. The van der Waals surface area contributed by atoms with Crippen molar-refractivity contribution in [1.29, 1.82) is 0 Å². The van der Waals surface area contributed by atoms with E-state index in [0.717, 1.165) is 12.3 Å². The van der Waals surface area contributed by atoms with E-state index >= 15 is 0 Å². The molecule has 0 N–H and O–H groups in total. The SMILES string of the molecule is CC(C)(C)N(CC1CCCC1)C(=O)c1ccc2c(c1)OCCO2. The summed E-state index contributed by atoms with van der Waals surface area (Å²) in [5.41, 5.74) is 0.495. The smallest absolute Gasteiger partial charge is 0.254 e. The topological polar surface area (TPSA) is 38.8 Å². The van der Waals surface area contributed by atoms with Crippen LogP contribution in [0.25, 0.3) is 0 Å². The van der Waals surface area contributed by atoms with Gasteiger partial charge in [-0.3, -0.25) is 4.79 Å². The molecule has 4 heteroatoms. The number of rotatable bonds is 3. The lowest BCUT2D eigenvalue weighted by atomic mass is 9.99. The van der Waals surface area contributed by atoms with Crippen molar-refractivity contribution in [3.63, 3.8) is 0 Å². The summed E-state index contributed by atoms with van der Waals surface area (Å²) in [5.74, 6) is 2.12. The summed E-state index contributed by atoms with van der Waals surface area (Å²) in [6, 6.07) is 5.52. The van der Waals surface area contributed by atoms with E-state index in [4.69, 9.17) is 9.47 Å². The fourth-order valence-electron chi connectivity index (χ4n) is 3.44. The summed E-state index contributed by atoms with van der Waals surface area (Å²) < 4.78 is 11.2. The molecule has 1 saturated carbocycles. The van der Waals surface area contributed by atoms with Crippen LogP contribution in [0.1, 0.15) is 56.8 Å². The molecule has 0 aromatic heterocycles. The molecule has 126 valence electrons. The lowest BCUT2D eigenvalue weighted by Gasteiger charge is -2.38. The van der Waals surface area contributed by atoms with Crippen molar-refractivity contribution in [2.24, 2.45) is 5.92 Å². The van der Waals surface area contributed by atoms with Crippen molar-refractivity contribution < 1.29 is 14.3 Å². The molecule has 1 heterocycles. The van der Waals surface area contributed by atoms with Gasteiger partial charge < -0.3 is 14.4 Å². The first kappa shape index (κ1) is 16.2. The monoisotopic (exact) mass is 317 g/mol. The van der Waals surface area contributed by atoms with Crippen LogP contribution in [0.3, 0.4) is 0 Å². The van der Waals surface area contributed by atoms with E-state index in [1.165, 1.54) is 25.7 Å². The molecule has 1 aromatic rings. The number of fused-ring (bicyclic) bond motifs is 1. The minimum absolute atomic E-state index is 0.0846. The number of hydrogen-bond donors (Lipinski definition) is 0. The van der Waals surface area contributed by atoms with Crippen molar-refractivity contribution >= 4 is 5.91 Å². The molecular formula is C19H27NO3. The van der Waals surface area contributed by atoms with Crippen LogP contribution in [0.2, 0.25) is 0 Å². The Morgan fingerprint density at radius 2 is 1.78 bits per heavy atom. The quantitative estimate of drug-likeness (QED) is 0.849. The van der Waals surface area contributed by atoms with E-state index in [1.807, 2.05) is 23.1 Å². The van der Waals surface area contributed by atoms with Gasteiger partial charge >= 0.3 is 0 Å². The van der Waals surface area contributed by atoms with Gasteiger partial charge in [0.1, 0.15) is 13.2 Å². The summed E-state index contributed by atoms with van der Waals surface area (Å²) in [6.45, 7) is 8.27. The second kappa shape index (κ2) is 6.42. The van der Waals surface area contributed by atoms with Crippen LogP contribution in [0, 0.1) is 5.92 Å². The number of amides is 1. The maximum absolute atomic E-state index is 13.1. The molecule has 0 unspecified atom stereocenters. The minimum Gasteiger partial charge on any atom is -0.486 e. The second-order valence-corrected chi connectivity index (χ2v) is 7.60. The van der Waals surface area contributed by atoms with Gasteiger partial charge in [0.05, 0.1) is 0 Å². The maximum atomic E-state index is 13.1. The van der Waals surface area contributed by atoms with Crippen molar-refractivity contribution in [3.8, 4) is 11.5 Å². The van der Waals surface area contributed by atoms with Crippen LogP contribution in [0.15, 0.2) is 18.2 Å². The maximum Gasteiger partial charge on any atom is 0.254 e. The molecule has 0 radical (unpaired) electrons. The summed E-state index contributed by atoms with van der Waals surface area (Å²) in [4.78, 5) is 15.1. The highest BCUT2D eigenvalue weighted by Crippen LogP contribution is 2.33.